The van der Waals surface area contributed by atoms with Crippen molar-refractivity contribution in [2.24, 2.45) is 0 Å². The van der Waals surface area contributed by atoms with E-state index in [1.807, 2.05) is 0 Å². The van der Waals surface area contributed by atoms with E-state index in [2.05, 4.69) is 10.6 Å². The van der Waals surface area contributed by atoms with E-state index in [1.54, 1.807) is 24.3 Å². The molecule has 2 aromatic heterocycles. The number of hydrogen-bond donors (Lipinski definition) is 2. The maximum Gasteiger partial charge on any atom is 0.433 e. The molecule has 0 radical (unpaired) electrons. The first-order valence-electron chi connectivity index (χ1n) is 8.57. The average molecular weight is 449 g/mol. The molecule has 0 fully saturated rings. The van der Waals surface area contributed by atoms with Crippen LogP contribution in [-0.2, 0) is 0 Å². The minimum absolute atomic E-state index is 0.135. The Labute approximate surface area is 178 Å². The van der Waals surface area contributed by atoms with Crippen LogP contribution in [0.3, 0.4) is 0 Å². The highest BCUT2D eigenvalue weighted by atomic mass is 35.5. The maximum atomic E-state index is 12.5. The number of nitro groups is 2. The fourth-order valence-electron chi connectivity index (χ4n) is 2.55. The summed E-state index contributed by atoms with van der Waals surface area (Å²) in [5.74, 6) is -3.26. The number of hydrogen-bond acceptors (Lipinski definition) is 8. The normalized spacial score (nSPS) is 11.5. The largest absolute Gasteiger partial charge is 0.433 e. The molecule has 3 rings (SSSR count). The van der Waals surface area contributed by atoms with Gasteiger partial charge in [-0.15, -0.1) is 0 Å². The summed E-state index contributed by atoms with van der Waals surface area (Å²) >= 11 is 5.88. The zero-order valence-electron chi connectivity index (χ0n) is 15.4. The van der Waals surface area contributed by atoms with E-state index in [0.29, 0.717) is 10.6 Å². The van der Waals surface area contributed by atoms with Gasteiger partial charge in [0.15, 0.2) is 11.5 Å². The molecule has 3 aromatic rings. The highest BCUT2D eigenvalue weighted by Gasteiger charge is 2.23. The van der Waals surface area contributed by atoms with Gasteiger partial charge in [0, 0.05) is 11.6 Å². The fourth-order valence-corrected chi connectivity index (χ4v) is 2.68. The molecule has 12 nitrogen and oxygen atoms in total. The van der Waals surface area contributed by atoms with Gasteiger partial charge in [0.1, 0.15) is 9.85 Å². The highest BCUT2D eigenvalue weighted by Crippen LogP contribution is 2.20. The van der Waals surface area contributed by atoms with Crippen molar-refractivity contribution in [2.45, 2.75) is 6.04 Å². The minimum atomic E-state index is -0.789. The predicted molar refractivity (Wildman–Crippen MR) is 105 cm³/mol. The predicted octanol–water partition coefficient (Wildman–Crippen LogP) is 3.24. The molecule has 31 heavy (non-hydrogen) atoms. The summed E-state index contributed by atoms with van der Waals surface area (Å²) in [4.78, 5) is 44.6. The van der Waals surface area contributed by atoms with E-state index < -0.39 is 39.5 Å². The lowest BCUT2D eigenvalue weighted by molar-refractivity contribution is -0.402. The van der Waals surface area contributed by atoms with Crippen LogP contribution < -0.4 is 10.6 Å². The fraction of sp³-hybridized carbons (Fsp3) is 0.111. The molecule has 0 saturated carbocycles. The second kappa shape index (κ2) is 9.09. The average Bonchev–Trinajstić information content (AvgIpc) is 3.41. The number of carbonyl (C=O) groups is 2. The summed E-state index contributed by atoms with van der Waals surface area (Å²) in [7, 11) is 0. The standard InChI is InChI=1S/C18H13ClN4O8/c19-11-3-1-10(2-4-11)12(21-18(25)14-6-8-16(31-14)23(28)29)9-20-17(24)13-5-7-15(30-13)22(26)27/h1-8,12H,9H2,(H,20,24)(H,21,25)/t12-/m1/s1. The van der Waals surface area contributed by atoms with Crippen molar-refractivity contribution in [3.05, 3.63) is 90.9 Å². The van der Waals surface area contributed by atoms with Crippen LogP contribution in [0.1, 0.15) is 32.7 Å². The molecular formula is C18H13ClN4O8. The van der Waals surface area contributed by atoms with Crippen LogP contribution in [0.25, 0.3) is 0 Å². The minimum Gasteiger partial charge on any atom is -0.395 e. The number of nitrogens with zero attached hydrogens (tertiary/aromatic N) is 2. The van der Waals surface area contributed by atoms with Gasteiger partial charge in [0.2, 0.25) is 0 Å². The lowest BCUT2D eigenvalue weighted by Crippen LogP contribution is -2.37. The van der Waals surface area contributed by atoms with E-state index in [-0.39, 0.29) is 18.1 Å². The van der Waals surface area contributed by atoms with E-state index >= 15 is 0 Å². The molecule has 2 amide bonds. The van der Waals surface area contributed by atoms with Crippen molar-refractivity contribution in [2.75, 3.05) is 6.54 Å². The van der Waals surface area contributed by atoms with Crippen LogP contribution >= 0.6 is 11.6 Å². The number of amides is 2. The lowest BCUT2D eigenvalue weighted by Gasteiger charge is -2.19. The second-order valence-electron chi connectivity index (χ2n) is 6.08. The van der Waals surface area contributed by atoms with Crippen LogP contribution in [0.5, 0.6) is 0 Å². The number of rotatable bonds is 8. The highest BCUT2D eigenvalue weighted by molar-refractivity contribution is 6.30. The molecule has 2 heterocycles. The molecule has 0 saturated heterocycles. The Bertz CT molecular complexity index is 1140. The van der Waals surface area contributed by atoms with Gasteiger partial charge >= 0.3 is 11.8 Å². The summed E-state index contributed by atoms with van der Waals surface area (Å²) in [6.07, 6.45) is 0. The van der Waals surface area contributed by atoms with Gasteiger partial charge in [-0.05, 0) is 29.8 Å². The Morgan fingerprint density at radius 3 is 1.87 bits per heavy atom. The Balaban J connectivity index is 1.75. The topological polar surface area (TPSA) is 171 Å². The van der Waals surface area contributed by atoms with E-state index in [9.17, 15) is 29.8 Å². The molecule has 13 heteroatoms. The maximum absolute atomic E-state index is 12.5. The van der Waals surface area contributed by atoms with Gasteiger partial charge in [-0.25, -0.2) is 0 Å². The van der Waals surface area contributed by atoms with Crippen molar-refractivity contribution in [1.29, 1.82) is 0 Å². The third kappa shape index (κ3) is 5.25. The Kier molecular flexibility index (Phi) is 6.31. The quantitative estimate of drug-likeness (QED) is 0.390. The van der Waals surface area contributed by atoms with Gasteiger partial charge < -0.3 is 19.5 Å². The molecule has 1 atom stereocenters. The van der Waals surface area contributed by atoms with Gasteiger partial charge in [-0.3, -0.25) is 29.8 Å². The summed E-state index contributed by atoms with van der Waals surface area (Å²) < 4.78 is 9.73. The molecule has 0 unspecified atom stereocenters. The van der Waals surface area contributed by atoms with Crippen LogP contribution in [0.15, 0.2) is 57.4 Å². The molecular weight excluding hydrogens is 436 g/mol. The van der Waals surface area contributed by atoms with Crippen molar-refractivity contribution < 1.29 is 28.3 Å². The lowest BCUT2D eigenvalue weighted by atomic mass is 10.1. The van der Waals surface area contributed by atoms with Gasteiger partial charge in [-0.2, -0.15) is 0 Å². The van der Waals surface area contributed by atoms with E-state index in [4.69, 9.17) is 20.4 Å². The first-order chi connectivity index (χ1) is 14.7. The number of furan rings is 2. The summed E-state index contributed by atoms with van der Waals surface area (Å²) in [5, 5.41) is 27.0. The van der Waals surface area contributed by atoms with Crippen molar-refractivity contribution in [1.82, 2.24) is 10.6 Å². The summed E-state index contributed by atoms with van der Waals surface area (Å²) in [6, 6.07) is 9.95. The van der Waals surface area contributed by atoms with Crippen LogP contribution in [-0.4, -0.2) is 28.2 Å². The number of carbonyl (C=O) groups excluding carboxylic acids is 2. The molecule has 0 aliphatic carbocycles. The Hall–Kier alpha value is -4.19. The van der Waals surface area contributed by atoms with Crippen LogP contribution in [0.2, 0.25) is 5.02 Å². The van der Waals surface area contributed by atoms with Gasteiger partial charge in [0.05, 0.1) is 18.2 Å². The summed E-state index contributed by atoms with van der Waals surface area (Å²) in [6.45, 7) is -0.135. The van der Waals surface area contributed by atoms with Crippen LogP contribution in [0.4, 0.5) is 11.8 Å². The van der Waals surface area contributed by atoms with E-state index in [0.717, 1.165) is 24.3 Å². The number of nitrogens with one attached hydrogen (secondary N) is 2. The Morgan fingerprint density at radius 1 is 0.871 bits per heavy atom. The number of halogens is 1. The summed E-state index contributed by atoms with van der Waals surface area (Å²) in [5.41, 5.74) is 0.560. The van der Waals surface area contributed by atoms with Crippen molar-refractivity contribution in [3.63, 3.8) is 0 Å². The second-order valence-corrected chi connectivity index (χ2v) is 6.51. The molecule has 2 N–H and O–H groups in total. The monoisotopic (exact) mass is 448 g/mol. The molecule has 0 bridgehead atoms. The van der Waals surface area contributed by atoms with E-state index in [1.165, 1.54) is 0 Å². The third-order valence-corrected chi connectivity index (χ3v) is 4.29. The van der Waals surface area contributed by atoms with Crippen molar-refractivity contribution in [3.8, 4) is 0 Å². The van der Waals surface area contributed by atoms with Crippen LogP contribution in [0, 0.1) is 20.2 Å². The van der Waals surface area contributed by atoms with Gasteiger partial charge in [0.25, 0.3) is 11.8 Å². The van der Waals surface area contributed by atoms with Crippen molar-refractivity contribution >= 4 is 35.2 Å². The van der Waals surface area contributed by atoms with Gasteiger partial charge in [-0.1, -0.05) is 23.7 Å². The smallest absolute Gasteiger partial charge is 0.395 e. The first kappa shape index (κ1) is 21.5. The zero-order valence-corrected chi connectivity index (χ0v) is 16.2. The molecule has 0 aliphatic rings. The Morgan fingerprint density at radius 2 is 1.39 bits per heavy atom. The third-order valence-electron chi connectivity index (χ3n) is 4.04. The number of benzene rings is 1. The first-order valence-corrected chi connectivity index (χ1v) is 8.95. The zero-order chi connectivity index (χ0) is 22.5. The molecule has 0 aliphatic heterocycles. The molecule has 0 spiro atoms. The molecule has 160 valence electrons. The SMILES string of the molecule is O=C(NC[C@@H](NC(=O)c1ccc([N+](=O)[O-])o1)c1ccc(Cl)cc1)c1ccc([N+](=O)[O-])o1. The molecule has 1 aromatic carbocycles.